The van der Waals surface area contributed by atoms with Gasteiger partial charge in [-0.25, -0.2) is 0 Å². The second-order valence-corrected chi connectivity index (χ2v) is 7.71. The van der Waals surface area contributed by atoms with Gasteiger partial charge in [-0.15, -0.1) is 0 Å². The van der Waals surface area contributed by atoms with Crippen molar-refractivity contribution < 1.29 is 19.2 Å². The minimum Gasteiger partial charge on any atom is 0 e. The van der Waals surface area contributed by atoms with Gasteiger partial charge >= 0.3 is 192 Å². The van der Waals surface area contributed by atoms with Crippen LogP contribution in [0.4, 0.5) is 9.59 Å². The zero-order valence-electron chi connectivity index (χ0n) is 15.9. The summed E-state index contributed by atoms with van der Waals surface area (Å²) in [5.74, 6) is -0.437. The molecule has 0 spiro atoms. The van der Waals surface area contributed by atoms with Crippen molar-refractivity contribution in [2.45, 2.75) is 26.9 Å². The summed E-state index contributed by atoms with van der Waals surface area (Å²) in [6, 6.07) is 18.9. The molecule has 0 heterocycles. The van der Waals surface area contributed by atoms with Gasteiger partial charge in [0.25, 0.3) is 0 Å². The Morgan fingerprint density at radius 1 is 0.655 bits per heavy atom. The average Bonchev–Trinajstić information content (AvgIpc) is 2.65. The van der Waals surface area contributed by atoms with Crippen molar-refractivity contribution in [3.8, 4) is 0 Å². The first-order valence-electron chi connectivity index (χ1n) is 8.28. The number of hydrogen-bond donors (Lipinski definition) is 0. The quantitative estimate of drug-likeness (QED) is 0.453. The van der Waals surface area contributed by atoms with Gasteiger partial charge in [0.05, 0.1) is 0 Å². The predicted molar refractivity (Wildman–Crippen MR) is 113 cm³/mol. The molecule has 152 valence electrons. The second kappa shape index (κ2) is 15.0. The summed E-state index contributed by atoms with van der Waals surface area (Å²) in [4.78, 5) is 46.8. The SMILES string of the molecule is CC(=O)N(Cc1ccccc1)C(=O)[Te].CC(=O)N(Cc1ccccc1)C(=O)[Te].[Te]. The Balaban J connectivity index is 0.000000523. The number of benzene rings is 2. The van der Waals surface area contributed by atoms with Crippen molar-refractivity contribution in [3.63, 3.8) is 0 Å². The Labute approximate surface area is 213 Å². The van der Waals surface area contributed by atoms with Crippen LogP contribution in [0.15, 0.2) is 60.7 Å². The molecule has 0 saturated carbocycles. The molecule has 29 heavy (non-hydrogen) atoms. The maximum atomic E-state index is 11.1. The van der Waals surface area contributed by atoms with E-state index >= 15 is 0 Å². The number of rotatable bonds is 4. The van der Waals surface area contributed by atoms with Crippen molar-refractivity contribution in [1.82, 2.24) is 9.80 Å². The summed E-state index contributed by atoms with van der Waals surface area (Å²) < 4.78 is -0.422. The van der Waals surface area contributed by atoms with E-state index in [1.807, 2.05) is 60.7 Å². The fourth-order valence-corrected chi connectivity index (χ4v) is 3.24. The van der Waals surface area contributed by atoms with Crippen molar-refractivity contribution in [1.29, 1.82) is 0 Å². The molecule has 0 bridgehead atoms. The Morgan fingerprint density at radius 2 is 0.931 bits per heavy atom. The molecule has 0 saturated heterocycles. The molecule has 0 fully saturated rings. The van der Waals surface area contributed by atoms with E-state index in [1.165, 1.54) is 68.2 Å². The maximum absolute atomic E-state index is 11.1. The number of imide groups is 2. The first-order valence-corrected chi connectivity index (χ1v) is 10.6. The summed E-state index contributed by atoms with van der Waals surface area (Å²) in [6.07, 6.45) is 0. The van der Waals surface area contributed by atoms with Crippen molar-refractivity contribution in [2.24, 2.45) is 0 Å². The van der Waals surface area contributed by atoms with Crippen LogP contribution >= 0.6 is 0 Å². The molecule has 4 amide bonds. The molecule has 2 aromatic carbocycles. The minimum atomic E-state index is -0.218. The van der Waals surface area contributed by atoms with Crippen LogP contribution in [-0.4, -0.2) is 97.8 Å². The van der Waals surface area contributed by atoms with E-state index in [2.05, 4.69) is 0 Å². The van der Waals surface area contributed by atoms with E-state index in [-0.39, 0.29) is 43.4 Å². The zero-order chi connectivity index (χ0) is 21.1. The Bertz CT molecular complexity index is 719. The van der Waals surface area contributed by atoms with Gasteiger partial charge in [0.1, 0.15) is 0 Å². The molecule has 0 aliphatic carbocycles. The van der Waals surface area contributed by atoms with Gasteiger partial charge in [-0.2, -0.15) is 0 Å². The Morgan fingerprint density at radius 3 is 1.14 bits per heavy atom. The van der Waals surface area contributed by atoms with E-state index in [0.29, 0.717) is 13.1 Å². The van der Waals surface area contributed by atoms with Gasteiger partial charge in [0, 0.05) is 23.7 Å². The number of carbonyl (C=O) groups is 4. The van der Waals surface area contributed by atoms with Crippen molar-refractivity contribution in [3.05, 3.63) is 71.8 Å². The van der Waals surface area contributed by atoms with E-state index < -0.39 is 0 Å². The third kappa shape index (κ3) is 11.2. The third-order valence-electron chi connectivity index (χ3n) is 3.57. The first kappa shape index (κ1) is 28.1. The van der Waals surface area contributed by atoms with Crippen LogP contribution in [0.1, 0.15) is 25.0 Å². The third-order valence-corrected chi connectivity index (χ3v) is 4.83. The topological polar surface area (TPSA) is 74.8 Å². The largest absolute Gasteiger partial charge is 0 e. The molecular weight excluding hydrogens is 715 g/mol. The monoisotopic (exact) mass is 742 g/mol. The molecular formula is C20H20N2O4Te3. The van der Waals surface area contributed by atoms with E-state index in [0.717, 1.165) is 11.1 Å². The van der Waals surface area contributed by atoms with Crippen LogP contribution in [0.5, 0.6) is 0 Å². The molecule has 9 heteroatoms. The maximum Gasteiger partial charge on any atom is 0 e. The van der Waals surface area contributed by atoms with Crippen LogP contribution in [-0.2, 0) is 22.7 Å². The number of nitrogens with zero attached hydrogens (tertiary/aromatic N) is 2. The number of carbonyl (C=O) groups excluding carboxylic acids is 4. The molecule has 0 aromatic heterocycles. The molecule has 4 radical (unpaired) electrons. The normalized spacial score (nSPS) is 9.17. The van der Waals surface area contributed by atoms with Gasteiger partial charge < -0.3 is 0 Å². The van der Waals surface area contributed by atoms with Gasteiger partial charge in [-0.3, -0.25) is 0 Å². The fourth-order valence-electron chi connectivity index (χ4n) is 2.14. The molecule has 0 aliphatic rings. The minimum absolute atomic E-state index is 0. The van der Waals surface area contributed by atoms with Crippen LogP contribution in [0, 0.1) is 0 Å². The van der Waals surface area contributed by atoms with Crippen LogP contribution in [0.3, 0.4) is 0 Å². The average molecular weight is 735 g/mol. The van der Waals surface area contributed by atoms with E-state index in [9.17, 15) is 19.2 Å². The fraction of sp³-hybridized carbons (Fsp3) is 0.200. The van der Waals surface area contributed by atoms with Crippen molar-refractivity contribution in [2.75, 3.05) is 0 Å². The smallest absolute Gasteiger partial charge is 0 e. The van der Waals surface area contributed by atoms with E-state index in [4.69, 9.17) is 0 Å². The van der Waals surface area contributed by atoms with Crippen LogP contribution < -0.4 is 0 Å². The molecule has 0 N–H and O–H groups in total. The summed E-state index contributed by atoms with van der Waals surface area (Å²) in [6.45, 7) is 3.50. The summed E-state index contributed by atoms with van der Waals surface area (Å²) in [5.41, 5.74) is 1.92. The molecule has 0 unspecified atom stereocenters. The zero-order valence-corrected chi connectivity index (χ0v) is 22.9. The predicted octanol–water partition coefficient (Wildman–Crippen LogP) is 2.27. The number of hydrogen-bond acceptors (Lipinski definition) is 4. The second-order valence-electron chi connectivity index (χ2n) is 5.71. The van der Waals surface area contributed by atoms with Crippen LogP contribution in [0.25, 0.3) is 0 Å². The standard InChI is InChI=1S/2C10H10NO2Te.Te/c2*1-8(12)11(10(13)14)7-9-5-3-2-4-6-9;/h2*2-6H,7H2,1H3;. The first-order chi connectivity index (χ1) is 13.2. The molecule has 0 atom stereocenters. The Hall–Kier alpha value is -0.911. The van der Waals surface area contributed by atoms with Crippen LogP contribution in [0.2, 0.25) is 0 Å². The molecule has 2 aromatic rings. The number of amides is 4. The molecule has 2 rings (SSSR count). The summed E-state index contributed by atoms with van der Waals surface area (Å²) >= 11 is 2.64. The molecule has 0 aliphatic heterocycles. The van der Waals surface area contributed by atoms with Gasteiger partial charge in [-0.05, 0) is 0 Å². The van der Waals surface area contributed by atoms with Crippen molar-refractivity contribution >= 4 is 88.0 Å². The van der Waals surface area contributed by atoms with Gasteiger partial charge in [0.2, 0.25) is 0 Å². The summed E-state index contributed by atoms with van der Waals surface area (Å²) in [7, 11) is 0. The van der Waals surface area contributed by atoms with Gasteiger partial charge in [-0.1, -0.05) is 0 Å². The van der Waals surface area contributed by atoms with Gasteiger partial charge in [0.15, 0.2) is 0 Å². The van der Waals surface area contributed by atoms with E-state index in [1.54, 1.807) is 0 Å². The molecule has 6 nitrogen and oxygen atoms in total. The summed E-state index contributed by atoms with van der Waals surface area (Å²) in [5, 5.41) is 0. The Kier molecular flexibility index (Phi) is 14.5.